The topological polar surface area (TPSA) is 70.9 Å². The van der Waals surface area contributed by atoms with Gasteiger partial charge < -0.3 is 9.84 Å². The Morgan fingerprint density at radius 2 is 1.82 bits per heavy atom. The number of aliphatic hydroxyl groups is 1. The van der Waals surface area contributed by atoms with Crippen molar-refractivity contribution in [2.75, 3.05) is 6.61 Å². The van der Waals surface area contributed by atoms with Crippen molar-refractivity contribution in [1.29, 1.82) is 0 Å². The Kier molecular flexibility index (Phi) is 6.00. The molecule has 1 aliphatic heterocycles. The number of carbonyl (C=O) groups excluding carboxylic acids is 1. The van der Waals surface area contributed by atoms with Crippen LogP contribution in [-0.4, -0.2) is 41.3 Å². The molecule has 0 fully saturated rings. The minimum absolute atomic E-state index is 0.0561. The molecule has 1 atom stereocenters. The molecular formula is C15H12BrF7N2O3. The van der Waals surface area contributed by atoms with Gasteiger partial charge in [0.05, 0.1) is 10.2 Å². The number of hydrazone groups is 1. The molecule has 156 valence electrons. The Balaban J connectivity index is 2.32. The summed E-state index contributed by atoms with van der Waals surface area (Å²) in [6.07, 6.45) is -12.1. The van der Waals surface area contributed by atoms with Crippen LogP contribution in [0.5, 0.6) is 5.75 Å². The quantitative estimate of drug-likeness (QED) is 0.645. The molecule has 1 amide bonds. The lowest BCUT2D eigenvalue weighted by atomic mass is 9.94. The molecule has 0 aliphatic carbocycles. The molecular weight excluding hydrogens is 469 g/mol. The van der Waals surface area contributed by atoms with E-state index in [-0.39, 0.29) is 28.1 Å². The maximum atomic E-state index is 14.3. The van der Waals surface area contributed by atoms with E-state index in [9.17, 15) is 35.5 Å². The third kappa shape index (κ3) is 4.24. The van der Waals surface area contributed by atoms with Gasteiger partial charge in [0.2, 0.25) is 5.91 Å². The molecule has 13 heteroatoms. The van der Waals surface area contributed by atoms with Crippen molar-refractivity contribution >= 4 is 27.5 Å². The summed E-state index contributed by atoms with van der Waals surface area (Å²) in [6.45, 7) is -0.678. The number of alkyl halides is 6. The first-order valence-electron chi connectivity index (χ1n) is 7.52. The van der Waals surface area contributed by atoms with Crippen LogP contribution in [0.2, 0.25) is 0 Å². The zero-order valence-corrected chi connectivity index (χ0v) is 15.5. The minimum atomic E-state index is -6.10. The summed E-state index contributed by atoms with van der Waals surface area (Å²) in [5.41, 5.74) is -2.61. The highest BCUT2D eigenvalue weighted by molar-refractivity contribution is 9.10. The zero-order valence-electron chi connectivity index (χ0n) is 13.9. The molecule has 0 bridgehead atoms. The molecule has 1 unspecified atom stereocenters. The summed E-state index contributed by atoms with van der Waals surface area (Å²) < 4.78 is 94.4. The molecule has 0 spiro atoms. The predicted octanol–water partition coefficient (Wildman–Crippen LogP) is 3.68. The van der Waals surface area contributed by atoms with Gasteiger partial charge in [-0.1, -0.05) is 6.92 Å². The SMILES string of the molecule is CC1CC(=O)NN=C1c1cc(F)c(OCC(O)(C(F)(F)F)C(F)(F)F)c(Br)c1. The summed E-state index contributed by atoms with van der Waals surface area (Å²) in [6, 6.07) is 1.94. The normalized spacial score (nSPS) is 18.6. The molecule has 0 saturated carbocycles. The van der Waals surface area contributed by atoms with E-state index in [1.165, 1.54) is 0 Å². The second kappa shape index (κ2) is 7.50. The number of carbonyl (C=O) groups is 1. The van der Waals surface area contributed by atoms with Gasteiger partial charge in [-0.2, -0.15) is 31.4 Å². The molecule has 0 aromatic heterocycles. The second-order valence-electron chi connectivity index (χ2n) is 6.05. The second-order valence-corrected chi connectivity index (χ2v) is 6.91. The van der Waals surface area contributed by atoms with Crippen LogP contribution < -0.4 is 10.2 Å². The predicted molar refractivity (Wildman–Crippen MR) is 85.1 cm³/mol. The van der Waals surface area contributed by atoms with Crippen LogP contribution in [0.15, 0.2) is 21.7 Å². The molecule has 1 aliphatic rings. The number of nitrogens with one attached hydrogen (secondary N) is 1. The molecule has 1 heterocycles. The lowest BCUT2D eigenvalue weighted by molar-refractivity contribution is -0.373. The maximum Gasteiger partial charge on any atom is 0.429 e. The lowest BCUT2D eigenvalue weighted by Gasteiger charge is -2.32. The first kappa shape index (κ1) is 22.4. The fraction of sp³-hybridized carbons (Fsp3) is 0.467. The van der Waals surface area contributed by atoms with Crippen molar-refractivity contribution < 1.29 is 45.4 Å². The highest BCUT2D eigenvalue weighted by atomic mass is 79.9. The average Bonchev–Trinajstić information content (AvgIpc) is 2.51. The van der Waals surface area contributed by atoms with E-state index in [4.69, 9.17) is 5.11 Å². The fourth-order valence-corrected chi connectivity index (χ4v) is 2.90. The van der Waals surface area contributed by atoms with Gasteiger partial charge in [0.15, 0.2) is 11.6 Å². The van der Waals surface area contributed by atoms with E-state index in [1.54, 1.807) is 6.92 Å². The monoisotopic (exact) mass is 480 g/mol. The number of halogens is 8. The van der Waals surface area contributed by atoms with Gasteiger partial charge in [-0.15, -0.1) is 0 Å². The number of rotatable bonds is 4. The average molecular weight is 481 g/mol. The van der Waals surface area contributed by atoms with Crippen LogP contribution >= 0.6 is 15.9 Å². The van der Waals surface area contributed by atoms with Crippen LogP contribution in [0, 0.1) is 11.7 Å². The standard InChI is InChI=1S/C15H12BrF7N2O3/c1-6-2-10(26)24-25-11(6)7-3-8(16)12(9(17)4-7)28-5-13(27,14(18,19)20)15(21,22)23/h3-4,6,27H,2,5H2,1H3,(H,24,26). The van der Waals surface area contributed by atoms with Crippen molar-refractivity contribution in [1.82, 2.24) is 5.43 Å². The van der Waals surface area contributed by atoms with Crippen LogP contribution in [0.3, 0.4) is 0 Å². The number of ether oxygens (including phenoxy) is 1. The van der Waals surface area contributed by atoms with Crippen molar-refractivity contribution in [3.63, 3.8) is 0 Å². The minimum Gasteiger partial charge on any atom is -0.486 e. The third-order valence-electron chi connectivity index (χ3n) is 3.92. The highest BCUT2D eigenvalue weighted by Gasteiger charge is 2.71. The Bertz CT molecular complexity index is 771. The van der Waals surface area contributed by atoms with Crippen molar-refractivity contribution in [3.8, 4) is 5.75 Å². The van der Waals surface area contributed by atoms with Crippen LogP contribution in [0.25, 0.3) is 0 Å². The number of amides is 1. The van der Waals surface area contributed by atoms with Gasteiger partial charge in [-0.3, -0.25) is 4.79 Å². The zero-order chi connectivity index (χ0) is 21.5. The van der Waals surface area contributed by atoms with Gasteiger partial charge in [0.25, 0.3) is 5.60 Å². The number of benzene rings is 1. The Morgan fingerprint density at radius 3 is 2.29 bits per heavy atom. The van der Waals surface area contributed by atoms with Gasteiger partial charge in [0, 0.05) is 17.9 Å². The van der Waals surface area contributed by atoms with Crippen molar-refractivity contribution in [3.05, 3.63) is 28.0 Å². The largest absolute Gasteiger partial charge is 0.486 e. The third-order valence-corrected chi connectivity index (χ3v) is 4.51. The summed E-state index contributed by atoms with van der Waals surface area (Å²) in [5.74, 6) is -3.02. The van der Waals surface area contributed by atoms with Crippen molar-refractivity contribution in [2.45, 2.75) is 31.3 Å². The Hall–Kier alpha value is -1.89. The maximum absolute atomic E-state index is 14.3. The molecule has 1 aromatic rings. The van der Waals surface area contributed by atoms with Gasteiger partial charge in [0.1, 0.15) is 6.61 Å². The van der Waals surface area contributed by atoms with E-state index < -0.39 is 42.0 Å². The number of nitrogens with zero attached hydrogens (tertiary/aromatic N) is 1. The molecule has 0 saturated heterocycles. The summed E-state index contributed by atoms with van der Waals surface area (Å²) >= 11 is 2.81. The highest BCUT2D eigenvalue weighted by Crippen LogP contribution is 2.44. The number of hydrogen-bond donors (Lipinski definition) is 2. The number of hydrogen-bond acceptors (Lipinski definition) is 4. The van der Waals surface area contributed by atoms with E-state index in [0.29, 0.717) is 0 Å². The van der Waals surface area contributed by atoms with Gasteiger partial charge in [-0.05, 0) is 28.1 Å². The molecule has 0 radical (unpaired) electrons. The van der Waals surface area contributed by atoms with E-state index in [2.05, 4.69) is 31.2 Å². The van der Waals surface area contributed by atoms with Gasteiger partial charge >= 0.3 is 12.4 Å². The Labute approximate surface area is 161 Å². The molecule has 1 aromatic carbocycles. The van der Waals surface area contributed by atoms with Crippen LogP contribution in [-0.2, 0) is 4.79 Å². The molecule has 2 rings (SSSR count). The van der Waals surface area contributed by atoms with Crippen LogP contribution in [0.1, 0.15) is 18.9 Å². The first-order chi connectivity index (χ1) is 12.7. The van der Waals surface area contributed by atoms with Crippen LogP contribution in [0.4, 0.5) is 30.7 Å². The summed E-state index contributed by atoms with van der Waals surface area (Å²) in [5, 5.41) is 12.8. The molecule has 2 N–H and O–H groups in total. The van der Waals surface area contributed by atoms with E-state index >= 15 is 0 Å². The fourth-order valence-electron chi connectivity index (χ4n) is 2.35. The van der Waals surface area contributed by atoms with Gasteiger partial charge in [-0.25, -0.2) is 9.82 Å². The smallest absolute Gasteiger partial charge is 0.429 e. The molecule has 5 nitrogen and oxygen atoms in total. The van der Waals surface area contributed by atoms with E-state index in [0.717, 1.165) is 12.1 Å². The Morgan fingerprint density at radius 1 is 1.25 bits per heavy atom. The first-order valence-corrected chi connectivity index (χ1v) is 8.31. The van der Waals surface area contributed by atoms with E-state index in [1.807, 2.05) is 0 Å². The summed E-state index contributed by atoms with van der Waals surface area (Å²) in [4.78, 5) is 11.3. The lowest BCUT2D eigenvalue weighted by Crippen LogP contribution is -2.60. The van der Waals surface area contributed by atoms with Crippen molar-refractivity contribution in [2.24, 2.45) is 11.0 Å². The molecule has 28 heavy (non-hydrogen) atoms. The summed E-state index contributed by atoms with van der Waals surface area (Å²) in [7, 11) is 0.